The molecule has 1 heterocycles. The molecular weight excluding hydrogens is 258 g/mol. The van der Waals surface area contributed by atoms with Gasteiger partial charge in [-0.2, -0.15) is 0 Å². The Morgan fingerprint density at radius 1 is 1.25 bits per heavy atom. The summed E-state index contributed by atoms with van der Waals surface area (Å²) in [5, 5.41) is 19.9. The molecule has 0 fully saturated rings. The molecule has 1 aromatic carbocycles. The van der Waals surface area contributed by atoms with Gasteiger partial charge >= 0.3 is 0 Å². The second kappa shape index (κ2) is 4.83. The first-order valence-corrected chi connectivity index (χ1v) is 6.46. The van der Waals surface area contributed by atoms with Crippen molar-refractivity contribution in [1.29, 1.82) is 0 Å². The molecule has 0 atom stereocenters. The number of fused-ring (bicyclic) bond motifs is 1. The predicted octanol–water partition coefficient (Wildman–Crippen LogP) is 2.18. The molecule has 0 aliphatic rings. The van der Waals surface area contributed by atoms with E-state index in [9.17, 15) is 15.0 Å². The topological polar surface area (TPSA) is 96.7 Å². The first-order chi connectivity index (χ1) is 9.19. The van der Waals surface area contributed by atoms with Gasteiger partial charge in [-0.1, -0.05) is 0 Å². The highest BCUT2D eigenvalue weighted by molar-refractivity contribution is 5.88. The highest BCUT2D eigenvalue weighted by atomic mass is 16.3. The number of phenolic OH excluding ortho intramolecular Hbond substituents is 2. The highest BCUT2D eigenvalue weighted by Crippen LogP contribution is 2.34. The molecule has 0 aliphatic carbocycles. The number of aromatic hydroxyl groups is 2. The summed E-state index contributed by atoms with van der Waals surface area (Å²) in [7, 11) is 0. The Kier molecular flexibility index (Phi) is 3.48. The molecule has 20 heavy (non-hydrogen) atoms. The van der Waals surface area contributed by atoms with Crippen molar-refractivity contribution in [3.63, 3.8) is 0 Å². The van der Waals surface area contributed by atoms with Crippen LogP contribution in [-0.2, 0) is 6.42 Å². The van der Waals surface area contributed by atoms with Crippen molar-refractivity contribution >= 4 is 11.0 Å². The zero-order valence-electron chi connectivity index (χ0n) is 11.9. The van der Waals surface area contributed by atoms with Crippen LogP contribution in [0.1, 0.15) is 31.6 Å². The van der Waals surface area contributed by atoms with Crippen LogP contribution < -0.4 is 11.2 Å². The Morgan fingerprint density at radius 3 is 2.50 bits per heavy atom. The van der Waals surface area contributed by atoms with Gasteiger partial charge in [0, 0.05) is 23.2 Å². The summed E-state index contributed by atoms with van der Waals surface area (Å²) in [6.07, 6.45) is 1.07. The molecule has 0 radical (unpaired) electrons. The lowest BCUT2D eigenvalue weighted by Gasteiger charge is -2.19. The van der Waals surface area contributed by atoms with Gasteiger partial charge in [-0.3, -0.25) is 4.79 Å². The molecule has 0 bridgehead atoms. The quantitative estimate of drug-likeness (QED) is 0.799. The molecule has 0 unspecified atom stereocenters. The largest absolute Gasteiger partial charge is 0.507 e. The van der Waals surface area contributed by atoms with E-state index in [1.165, 1.54) is 12.1 Å². The lowest BCUT2D eigenvalue weighted by atomic mass is 9.95. The van der Waals surface area contributed by atoms with Crippen molar-refractivity contribution in [1.82, 2.24) is 0 Å². The normalized spacial score (nSPS) is 12.0. The van der Waals surface area contributed by atoms with Crippen LogP contribution in [0, 0.1) is 6.92 Å². The summed E-state index contributed by atoms with van der Waals surface area (Å²) in [6, 6.07) is 2.49. The van der Waals surface area contributed by atoms with E-state index in [-0.39, 0.29) is 27.9 Å². The second-order valence-corrected chi connectivity index (χ2v) is 5.81. The van der Waals surface area contributed by atoms with Crippen LogP contribution >= 0.6 is 0 Å². The third-order valence-electron chi connectivity index (χ3n) is 3.20. The maximum Gasteiger partial charge on any atom is 0.196 e. The van der Waals surface area contributed by atoms with Crippen molar-refractivity contribution in [2.24, 2.45) is 5.73 Å². The summed E-state index contributed by atoms with van der Waals surface area (Å²) in [6.45, 7) is 5.42. The molecule has 5 heteroatoms. The average Bonchev–Trinajstić information content (AvgIpc) is 2.25. The van der Waals surface area contributed by atoms with Gasteiger partial charge < -0.3 is 20.4 Å². The Bertz CT molecular complexity index is 710. The van der Waals surface area contributed by atoms with E-state index in [1.54, 1.807) is 6.92 Å². The molecule has 1 aromatic heterocycles. The predicted molar refractivity (Wildman–Crippen MR) is 77.1 cm³/mol. The molecule has 0 saturated carbocycles. The molecular formula is C15H19NO4. The Morgan fingerprint density at radius 2 is 1.90 bits per heavy atom. The van der Waals surface area contributed by atoms with E-state index in [4.69, 9.17) is 10.2 Å². The van der Waals surface area contributed by atoms with Crippen LogP contribution in [0.4, 0.5) is 0 Å². The first-order valence-electron chi connectivity index (χ1n) is 6.46. The van der Waals surface area contributed by atoms with Gasteiger partial charge in [-0.15, -0.1) is 0 Å². The van der Waals surface area contributed by atoms with Crippen molar-refractivity contribution in [3.05, 3.63) is 33.7 Å². The van der Waals surface area contributed by atoms with Crippen LogP contribution in [0.15, 0.2) is 21.3 Å². The minimum atomic E-state index is -0.402. The van der Waals surface area contributed by atoms with Crippen molar-refractivity contribution < 1.29 is 14.6 Å². The van der Waals surface area contributed by atoms with Gasteiger partial charge in [-0.25, -0.2) is 0 Å². The summed E-state index contributed by atoms with van der Waals surface area (Å²) < 4.78 is 5.54. The van der Waals surface area contributed by atoms with Gasteiger partial charge in [-0.05, 0) is 33.6 Å². The lowest BCUT2D eigenvalue weighted by Crippen LogP contribution is -2.32. The summed E-state index contributed by atoms with van der Waals surface area (Å²) in [5.41, 5.74) is 5.95. The number of aryl methyl sites for hydroxylation is 2. The average molecular weight is 277 g/mol. The minimum Gasteiger partial charge on any atom is -0.507 e. The van der Waals surface area contributed by atoms with Gasteiger partial charge in [0.2, 0.25) is 0 Å². The van der Waals surface area contributed by atoms with Crippen LogP contribution in [0.2, 0.25) is 0 Å². The number of phenols is 2. The third kappa shape index (κ3) is 2.77. The van der Waals surface area contributed by atoms with Gasteiger partial charge in [0.15, 0.2) is 5.43 Å². The van der Waals surface area contributed by atoms with Gasteiger partial charge in [0.05, 0.1) is 0 Å². The highest BCUT2D eigenvalue weighted by Gasteiger charge is 2.19. The number of benzene rings is 1. The van der Waals surface area contributed by atoms with E-state index in [2.05, 4.69) is 0 Å². The summed E-state index contributed by atoms with van der Waals surface area (Å²) >= 11 is 0. The van der Waals surface area contributed by atoms with Crippen molar-refractivity contribution in [2.75, 3.05) is 0 Å². The Balaban J connectivity index is 2.67. The number of hydrogen-bond donors (Lipinski definition) is 3. The van der Waals surface area contributed by atoms with E-state index in [0.717, 1.165) is 0 Å². The van der Waals surface area contributed by atoms with E-state index >= 15 is 0 Å². The smallest absolute Gasteiger partial charge is 0.196 e. The van der Waals surface area contributed by atoms with Crippen molar-refractivity contribution in [2.45, 2.75) is 39.2 Å². The monoisotopic (exact) mass is 277 g/mol. The van der Waals surface area contributed by atoms with E-state index < -0.39 is 5.54 Å². The molecule has 2 rings (SSSR count). The molecule has 2 aromatic rings. The first kappa shape index (κ1) is 14.4. The van der Waals surface area contributed by atoms with E-state index in [1.807, 2.05) is 13.8 Å². The summed E-state index contributed by atoms with van der Waals surface area (Å²) in [5.74, 6) is 0.0655. The second-order valence-electron chi connectivity index (χ2n) is 5.81. The maximum atomic E-state index is 12.0. The van der Waals surface area contributed by atoms with E-state index in [0.29, 0.717) is 24.2 Å². The SMILES string of the molecule is Cc1cc(=O)c2c(O)cc(O)c(CCC(C)(C)N)c2o1. The number of hydrogen-bond acceptors (Lipinski definition) is 5. The molecule has 0 spiro atoms. The number of rotatable bonds is 3. The zero-order valence-corrected chi connectivity index (χ0v) is 11.9. The molecule has 4 N–H and O–H groups in total. The van der Waals surface area contributed by atoms with Gasteiger partial charge in [0.1, 0.15) is 28.2 Å². The molecule has 5 nitrogen and oxygen atoms in total. The fraction of sp³-hybridized carbons (Fsp3) is 0.400. The van der Waals surface area contributed by atoms with Crippen LogP contribution in [0.25, 0.3) is 11.0 Å². The lowest BCUT2D eigenvalue weighted by molar-refractivity contribution is 0.435. The van der Waals surface area contributed by atoms with Gasteiger partial charge in [0.25, 0.3) is 0 Å². The van der Waals surface area contributed by atoms with Crippen LogP contribution in [0.5, 0.6) is 11.5 Å². The fourth-order valence-electron chi connectivity index (χ4n) is 2.16. The van der Waals surface area contributed by atoms with Crippen molar-refractivity contribution in [3.8, 4) is 11.5 Å². The number of nitrogens with two attached hydrogens (primary N) is 1. The summed E-state index contributed by atoms with van der Waals surface area (Å²) in [4.78, 5) is 12.0. The molecule has 0 saturated heterocycles. The molecule has 108 valence electrons. The Labute approximate surface area is 116 Å². The molecule has 0 aliphatic heterocycles. The minimum absolute atomic E-state index is 0.0898. The third-order valence-corrected chi connectivity index (χ3v) is 3.20. The molecule has 0 amide bonds. The zero-order chi connectivity index (χ0) is 15.1. The Hall–Kier alpha value is -2.01. The maximum absolute atomic E-state index is 12.0. The van der Waals surface area contributed by atoms with Crippen LogP contribution in [-0.4, -0.2) is 15.8 Å². The van der Waals surface area contributed by atoms with Crippen LogP contribution in [0.3, 0.4) is 0 Å². The standard InChI is InChI=1S/C15H19NO4/c1-8-6-11(18)13-12(19)7-10(17)9(14(13)20-8)4-5-15(2,3)16/h6-7,17,19H,4-5,16H2,1-3H3. The fourth-order valence-corrected chi connectivity index (χ4v) is 2.16.